The van der Waals surface area contributed by atoms with Gasteiger partial charge in [-0.05, 0) is 259 Å². The average Bonchev–Trinajstić information content (AvgIpc) is 0.801. The zero-order valence-corrected chi connectivity index (χ0v) is 69.9. The minimum atomic E-state index is -1.54. The predicted octanol–water partition coefficient (Wildman–Crippen LogP) is 12.8. The van der Waals surface area contributed by atoms with E-state index in [1.54, 1.807) is 39.0 Å². The maximum absolute atomic E-state index is 13.3. The molecule has 0 spiro atoms. The number of benzene rings is 3. The summed E-state index contributed by atoms with van der Waals surface area (Å²) in [4.78, 5) is 129. The van der Waals surface area contributed by atoms with E-state index in [0.29, 0.717) is 127 Å². The van der Waals surface area contributed by atoms with Crippen molar-refractivity contribution in [1.82, 2.24) is 49.3 Å². The van der Waals surface area contributed by atoms with Crippen molar-refractivity contribution in [2.24, 2.45) is 17.8 Å². The van der Waals surface area contributed by atoms with Crippen molar-refractivity contribution in [2.75, 3.05) is 124 Å². The number of aliphatic carboxylic acids is 1. The Morgan fingerprint density at radius 1 is 0.364 bits per heavy atom. The van der Waals surface area contributed by atoms with E-state index in [1.807, 2.05) is 27.7 Å². The van der Waals surface area contributed by atoms with Gasteiger partial charge in [0.1, 0.15) is 23.3 Å². The minimum Gasteiger partial charge on any atom is -0.474 e. The molecule has 0 bridgehead atoms. The lowest BCUT2D eigenvalue weighted by atomic mass is 9.86. The van der Waals surface area contributed by atoms with E-state index in [-0.39, 0.29) is 25.6 Å². The van der Waals surface area contributed by atoms with Gasteiger partial charge in [0.25, 0.3) is 0 Å². The van der Waals surface area contributed by atoms with E-state index >= 15 is 0 Å². The number of anilines is 8. The number of likely N-dealkylation sites (N-methyl/N-ethyl adjacent to an activating group) is 3. The number of aryl methyl sites for hydroxylation is 4. The summed E-state index contributed by atoms with van der Waals surface area (Å²) in [6.45, 7) is 22.6. The van der Waals surface area contributed by atoms with Crippen molar-refractivity contribution in [2.45, 2.75) is 195 Å². The van der Waals surface area contributed by atoms with Crippen molar-refractivity contribution in [3.63, 3.8) is 0 Å². The van der Waals surface area contributed by atoms with E-state index in [2.05, 4.69) is 171 Å². The van der Waals surface area contributed by atoms with Gasteiger partial charge in [0, 0.05) is 39.3 Å². The molecule has 6 aliphatic heterocycles. The molecule has 6 saturated heterocycles. The van der Waals surface area contributed by atoms with Gasteiger partial charge in [0.15, 0.2) is 0 Å². The number of aromatic nitrogens is 4. The monoisotopic (exact) mass is 1610 g/mol. The maximum atomic E-state index is 13.3. The first-order valence-electron chi connectivity index (χ1n) is 41.8. The fraction of sp³-hybridized carbons (Fsp3) is 0.495. The number of carboxylic acid groups (broad SMARTS) is 1. The van der Waals surface area contributed by atoms with Crippen LogP contribution in [0.5, 0.6) is 0 Å². The highest BCUT2D eigenvalue weighted by Gasteiger charge is 2.39. The number of rotatable bonds is 14. The van der Waals surface area contributed by atoms with Crippen LogP contribution in [0.25, 0.3) is 0 Å². The van der Waals surface area contributed by atoms with Gasteiger partial charge in [-0.15, -0.1) is 0 Å². The van der Waals surface area contributed by atoms with Gasteiger partial charge in [-0.25, -0.2) is 24.7 Å². The van der Waals surface area contributed by atoms with E-state index in [4.69, 9.17) is 28.0 Å². The Balaban J connectivity index is 0.000000185. The number of pyridine rings is 4. The second-order valence-electron chi connectivity index (χ2n) is 32.9. The molecule has 7 amide bonds. The lowest BCUT2D eigenvalue weighted by molar-refractivity contribution is -0.147. The zero-order valence-electron chi connectivity index (χ0n) is 69.9. The van der Waals surface area contributed by atoms with Crippen LogP contribution in [0.4, 0.5) is 46.0 Å². The second kappa shape index (κ2) is 43.0. The van der Waals surface area contributed by atoms with Crippen molar-refractivity contribution in [1.29, 1.82) is 0 Å². The number of nitrogens with zero attached hydrogens (tertiary/aromatic N) is 10. The number of carbonyl (C=O) groups is 8. The number of hydrogen-bond donors (Lipinski definition) is 9. The van der Waals surface area contributed by atoms with Crippen LogP contribution in [0.15, 0.2) is 122 Å². The largest absolute Gasteiger partial charge is 0.474 e. The molecule has 6 fully saturated rings. The Hall–Kier alpha value is -10.9. The van der Waals surface area contributed by atoms with Crippen LogP contribution in [0.1, 0.15) is 224 Å². The Morgan fingerprint density at radius 2 is 0.610 bits per heavy atom. The molecule has 3 aromatic carbocycles. The maximum Gasteiger partial charge on any atom is 0.394 e. The summed E-state index contributed by atoms with van der Waals surface area (Å²) in [5, 5.41) is 18.8. The van der Waals surface area contributed by atoms with Gasteiger partial charge < -0.3 is 78.7 Å². The van der Waals surface area contributed by atoms with Crippen molar-refractivity contribution >= 4 is 93.3 Å². The molecular weight excluding hydrogens is 1490 g/mol. The molecule has 634 valence electrons. The standard InChI is InChI=1S/3C27H37N5O2.C9H11N3O3.CH4/c3*1-4-19-14-23(15-29-25(19)28)30-26(33)27(34)32-16-18(2)10-11-24(32)21-8-5-7-20(13-21)22-9-6-12-31(3)17-22;1-2-5-3-6(4-11-7(5)10)12-8(13)9(14)15;/h3*5,7-8,13-15,18,22,24H,4,6,9-12,16-17H2,1-3H3,(H2,28,29)(H,30,33);3-4H,2H2,1H3,(H2,10,11)(H,12,13)(H,14,15);1H4/t18-,22?,24+;18-,22+,24+;18-,22-,24+;;/m000../s1. The fourth-order valence-electron chi connectivity index (χ4n) is 17.2. The molecule has 27 nitrogen and oxygen atoms in total. The number of hydrogen-bond acceptors (Lipinski definition) is 19. The number of piperidine rings is 6. The second-order valence-corrected chi connectivity index (χ2v) is 32.9. The molecule has 0 aliphatic carbocycles. The van der Waals surface area contributed by atoms with Crippen LogP contribution in [-0.2, 0) is 64.0 Å². The van der Waals surface area contributed by atoms with Gasteiger partial charge in [-0.3, -0.25) is 33.6 Å². The third kappa shape index (κ3) is 24.4. The fourth-order valence-corrected chi connectivity index (χ4v) is 17.2. The molecule has 1 unspecified atom stereocenters. The highest BCUT2D eigenvalue weighted by molar-refractivity contribution is 6.41. The summed E-state index contributed by atoms with van der Waals surface area (Å²) in [5.41, 5.74) is 35.7. The third-order valence-electron chi connectivity index (χ3n) is 23.7. The Morgan fingerprint density at radius 3 is 0.847 bits per heavy atom. The molecule has 4 aromatic heterocycles. The van der Waals surface area contributed by atoms with Crippen molar-refractivity contribution in [3.05, 3.63) is 177 Å². The molecule has 13 N–H and O–H groups in total. The van der Waals surface area contributed by atoms with Crippen LogP contribution in [-0.4, -0.2) is 182 Å². The Labute approximate surface area is 696 Å². The summed E-state index contributed by atoms with van der Waals surface area (Å²) in [6, 6.07) is 32.7. The lowest BCUT2D eigenvalue weighted by Gasteiger charge is -2.39. The van der Waals surface area contributed by atoms with Gasteiger partial charge in [0.2, 0.25) is 0 Å². The highest BCUT2D eigenvalue weighted by Crippen LogP contribution is 2.40. The molecule has 0 radical (unpaired) electrons. The van der Waals surface area contributed by atoms with Crippen LogP contribution in [0.3, 0.4) is 0 Å². The molecule has 7 aromatic rings. The number of carbonyl (C=O) groups excluding carboxylic acids is 7. The van der Waals surface area contributed by atoms with E-state index in [1.165, 1.54) is 80.0 Å². The van der Waals surface area contributed by atoms with Gasteiger partial charge in [0.05, 0.1) is 65.7 Å². The quantitative estimate of drug-likeness (QED) is 0.0457. The van der Waals surface area contributed by atoms with Crippen LogP contribution >= 0.6 is 0 Å². The molecule has 0 saturated carbocycles. The summed E-state index contributed by atoms with van der Waals surface area (Å²) < 4.78 is 0. The summed E-state index contributed by atoms with van der Waals surface area (Å²) in [7, 11) is 6.53. The smallest absolute Gasteiger partial charge is 0.394 e. The first-order valence-corrected chi connectivity index (χ1v) is 41.8. The van der Waals surface area contributed by atoms with Gasteiger partial charge >= 0.3 is 47.3 Å². The summed E-state index contributed by atoms with van der Waals surface area (Å²) >= 11 is 0. The van der Waals surface area contributed by atoms with Crippen molar-refractivity contribution < 1.29 is 43.5 Å². The number of likely N-dealkylation sites (tertiary alicyclic amines) is 6. The van der Waals surface area contributed by atoms with Gasteiger partial charge in [-0.2, -0.15) is 0 Å². The lowest BCUT2D eigenvalue weighted by Crippen LogP contribution is -2.46. The number of nitrogens with one attached hydrogen (secondary N) is 4. The molecule has 10 heterocycles. The predicted molar refractivity (Wildman–Crippen MR) is 467 cm³/mol. The molecule has 27 heteroatoms. The number of nitrogens with two attached hydrogens (primary N) is 4. The van der Waals surface area contributed by atoms with E-state index in [9.17, 15) is 38.4 Å². The molecule has 118 heavy (non-hydrogen) atoms. The van der Waals surface area contributed by atoms with Crippen molar-refractivity contribution in [3.8, 4) is 0 Å². The van der Waals surface area contributed by atoms with Crippen LogP contribution in [0.2, 0.25) is 0 Å². The summed E-state index contributed by atoms with van der Waals surface area (Å²) in [6.07, 6.45) is 21.5. The SMILES string of the molecule is C.CCc1cc(NC(=O)C(=O)N2C[C@@H](C)CC[C@@H]2c2cccc(C3CCCN(C)C3)c2)cnc1N.CCc1cc(NC(=O)C(=O)N2C[C@@H](C)CC[C@@H]2c2cccc([C@@H]3CCCN(C)C3)c2)cnc1N.CCc1cc(NC(=O)C(=O)N2C[C@@H](C)CC[C@@H]2c2cccc([C@H]3CCCN(C)C3)c2)cnc1N.CCc1cc(NC(=O)C(=O)O)cnc1N. The van der Waals surface area contributed by atoms with E-state index in [0.717, 1.165) is 117 Å². The number of amides is 7. The molecule has 9 atom stereocenters. The average molecular weight is 1620 g/mol. The molecule has 6 aliphatic rings. The zero-order chi connectivity index (χ0) is 84.1. The van der Waals surface area contributed by atoms with Crippen LogP contribution < -0.4 is 44.2 Å². The Kier molecular flexibility index (Phi) is 33.2. The number of carboxylic acids is 1. The summed E-state index contributed by atoms with van der Waals surface area (Å²) in [5.74, 6) is -1.67. The van der Waals surface area contributed by atoms with E-state index < -0.39 is 47.3 Å². The molecular formula is C91H126N18O9. The third-order valence-corrected chi connectivity index (χ3v) is 23.7. The first kappa shape index (κ1) is 91.0. The normalized spacial score (nSPS) is 21.5. The highest BCUT2D eigenvalue weighted by atomic mass is 16.4. The first-order chi connectivity index (χ1) is 56.1. The van der Waals surface area contributed by atoms with Crippen LogP contribution in [0, 0.1) is 17.8 Å². The Bertz CT molecular complexity index is 4240. The number of nitrogen functional groups attached to an aromatic ring is 4. The van der Waals surface area contributed by atoms with Gasteiger partial charge in [-0.1, -0.05) is 129 Å². The topological polar surface area (TPSA) is 380 Å². The molecule has 13 rings (SSSR count). The minimum absolute atomic E-state index is 0.